The lowest BCUT2D eigenvalue weighted by atomic mass is 9.95. The Morgan fingerprint density at radius 2 is 2.24 bits per heavy atom. The van der Waals surface area contributed by atoms with Gasteiger partial charge < -0.3 is 29.6 Å². The van der Waals surface area contributed by atoms with E-state index in [0.717, 1.165) is 34.2 Å². The number of methoxy groups -OCH3 is 1. The number of amides is 1. The lowest BCUT2D eigenvalue weighted by Gasteiger charge is -2.29. The Morgan fingerprint density at radius 3 is 3.03 bits per heavy atom. The molecular weight excluding hydrogens is 440 g/mol. The second-order valence-corrected chi connectivity index (χ2v) is 8.79. The highest BCUT2D eigenvalue weighted by molar-refractivity contribution is 7.08. The standard InChI is InChI=1S/C25H30N2O5S/c1-30-20-4-5-22-21(14-20)17(15-27-22)6-8-26-25(29)23-12-19(18-7-11-33-16-18)13-24(32-23)31-10-3-2-9-28/h4-5,7,11-12,14-16,19,24,27-28H,2-3,6,8-10,13H2,1H3,(H,26,29)/t19-,24+/m1/s1. The van der Waals surface area contributed by atoms with Gasteiger partial charge in [-0.15, -0.1) is 0 Å². The van der Waals surface area contributed by atoms with Crippen molar-refractivity contribution < 1.29 is 24.1 Å². The molecule has 2 aromatic heterocycles. The molecular formula is C25H30N2O5S. The van der Waals surface area contributed by atoms with E-state index in [1.54, 1.807) is 18.4 Å². The molecule has 0 bridgehead atoms. The van der Waals surface area contributed by atoms with E-state index >= 15 is 0 Å². The molecule has 0 saturated heterocycles. The quantitative estimate of drug-likeness (QED) is 0.367. The van der Waals surface area contributed by atoms with Crippen LogP contribution in [0.15, 0.2) is 53.1 Å². The minimum absolute atomic E-state index is 0.0645. The number of aliphatic hydroxyl groups is 1. The van der Waals surface area contributed by atoms with Crippen LogP contribution in [0.2, 0.25) is 0 Å². The topological polar surface area (TPSA) is 92.8 Å². The van der Waals surface area contributed by atoms with Gasteiger partial charge in [0.15, 0.2) is 5.76 Å². The number of thiophene rings is 1. The van der Waals surface area contributed by atoms with Crippen LogP contribution in [0.25, 0.3) is 10.9 Å². The van der Waals surface area contributed by atoms with Crippen LogP contribution in [0.4, 0.5) is 0 Å². The van der Waals surface area contributed by atoms with Gasteiger partial charge in [0.2, 0.25) is 6.29 Å². The fraction of sp³-hybridized carbons (Fsp3) is 0.400. The minimum Gasteiger partial charge on any atom is -0.497 e. The molecule has 0 radical (unpaired) electrons. The number of ether oxygens (including phenoxy) is 3. The number of hydrogen-bond acceptors (Lipinski definition) is 6. The summed E-state index contributed by atoms with van der Waals surface area (Å²) >= 11 is 1.63. The first-order valence-electron chi connectivity index (χ1n) is 11.2. The lowest BCUT2D eigenvalue weighted by molar-refractivity contribution is -0.146. The van der Waals surface area contributed by atoms with Crippen LogP contribution in [0.5, 0.6) is 5.75 Å². The summed E-state index contributed by atoms with van der Waals surface area (Å²) in [5.41, 5.74) is 3.31. The highest BCUT2D eigenvalue weighted by Gasteiger charge is 2.28. The molecule has 1 amide bonds. The molecule has 0 spiro atoms. The van der Waals surface area contributed by atoms with Crippen molar-refractivity contribution in [2.45, 2.75) is 37.9 Å². The molecule has 0 fully saturated rings. The second-order valence-electron chi connectivity index (χ2n) is 8.01. The Morgan fingerprint density at radius 1 is 1.33 bits per heavy atom. The van der Waals surface area contributed by atoms with Gasteiger partial charge in [0.1, 0.15) is 5.75 Å². The van der Waals surface area contributed by atoms with E-state index in [1.807, 2.05) is 35.9 Å². The molecule has 4 rings (SSSR count). The van der Waals surface area contributed by atoms with E-state index in [2.05, 4.69) is 21.7 Å². The van der Waals surface area contributed by atoms with Crippen molar-refractivity contribution in [3.8, 4) is 5.75 Å². The average Bonchev–Trinajstić information content (AvgIpc) is 3.52. The fourth-order valence-electron chi connectivity index (χ4n) is 3.95. The molecule has 2 atom stereocenters. The lowest BCUT2D eigenvalue weighted by Crippen LogP contribution is -2.33. The van der Waals surface area contributed by atoms with Crippen LogP contribution in [0, 0.1) is 0 Å². The summed E-state index contributed by atoms with van der Waals surface area (Å²) in [7, 11) is 1.65. The van der Waals surface area contributed by atoms with Gasteiger partial charge in [0, 0.05) is 42.6 Å². The molecule has 176 valence electrons. The number of nitrogens with one attached hydrogen (secondary N) is 2. The molecule has 3 heterocycles. The Labute approximate surface area is 197 Å². The first kappa shape index (κ1) is 23.4. The van der Waals surface area contributed by atoms with E-state index in [0.29, 0.717) is 38.2 Å². The van der Waals surface area contributed by atoms with Crippen LogP contribution in [0.1, 0.15) is 36.3 Å². The predicted molar refractivity (Wildman–Crippen MR) is 128 cm³/mol. The van der Waals surface area contributed by atoms with Crippen molar-refractivity contribution in [2.24, 2.45) is 0 Å². The summed E-state index contributed by atoms with van der Waals surface area (Å²) in [5, 5.41) is 17.2. The maximum atomic E-state index is 12.9. The van der Waals surface area contributed by atoms with Gasteiger partial charge in [0.25, 0.3) is 5.91 Å². The third-order valence-corrected chi connectivity index (χ3v) is 6.46. The highest BCUT2D eigenvalue weighted by Crippen LogP contribution is 2.32. The summed E-state index contributed by atoms with van der Waals surface area (Å²) < 4.78 is 17.1. The molecule has 7 nitrogen and oxygen atoms in total. The normalized spacial score (nSPS) is 18.1. The van der Waals surface area contributed by atoms with E-state index in [1.165, 1.54) is 0 Å². The average molecular weight is 471 g/mol. The van der Waals surface area contributed by atoms with Crippen molar-refractivity contribution in [1.29, 1.82) is 0 Å². The van der Waals surface area contributed by atoms with E-state index in [4.69, 9.17) is 19.3 Å². The Balaban J connectivity index is 1.38. The number of allylic oxidation sites excluding steroid dienone is 1. The van der Waals surface area contributed by atoms with Gasteiger partial charge in [-0.1, -0.05) is 0 Å². The zero-order valence-corrected chi connectivity index (χ0v) is 19.5. The number of aromatic nitrogens is 1. The number of carbonyl (C=O) groups excluding carboxylic acids is 1. The van der Waals surface area contributed by atoms with E-state index in [9.17, 15) is 4.79 Å². The summed E-state index contributed by atoms with van der Waals surface area (Å²) in [5.74, 6) is 0.925. The van der Waals surface area contributed by atoms with Gasteiger partial charge in [-0.25, -0.2) is 0 Å². The van der Waals surface area contributed by atoms with Crippen molar-refractivity contribution >= 4 is 28.1 Å². The van der Waals surface area contributed by atoms with Crippen LogP contribution < -0.4 is 10.1 Å². The first-order chi connectivity index (χ1) is 16.2. The molecule has 3 aromatic rings. The van der Waals surface area contributed by atoms with Gasteiger partial charge in [0.05, 0.1) is 13.7 Å². The fourth-order valence-corrected chi connectivity index (χ4v) is 4.68. The number of unbranched alkanes of at least 4 members (excludes halogenated alkanes) is 1. The Hall–Kier alpha value is -2.81. The van der Waals surface area contributed by atoms with Gasteiger partial charge in [-0.2, -0.15) is 11.3 Å². The number of aliphatic hydroxyl groups excluding tert-OH is 1. The first-order valence-corrected chi connectivity index (χ1v) is 12.2. The summed E-state index contributed by atoms with van der Waals surface area (Å²) in [6.45, 7) is 1.11. The number of rotatable bonds is 11. The van der Waals surface area contributed by atoms with Gasteiger partial charge in [-0.05, 0) is 71.5 Å². The molecule has 1 aliphatic rings. The van der Waals surface area contributed by atoms with Crippen molar-refractivity contribution in [2.75, 3.05) is 26.9 Å². The maximum absolute atomic E-state index is 12.9. The number of H-pyrrole nitrogens is 1. The molecule has 3 N–H and O–H groups in total. The van der Waals surface area contributed by atoms with Crippen LogP contribution in [-0.2, 0) is 20.7 Å². The van der Waals surface area contributed by atoms with Gasteiger partial charge >= 0.3 is 0 Å². The predicted octanol–water partition coefficient (Wildman–Crippen LogP) is 4.10. The molecule has 1 aliphatic heterocycles. The monoisotopic (exact) mass is 470 g/mol. The summed E-state index contributed by atoms with van der Waals surface area (Å²) in [4.78, 5) is 16.2. The minimum atomic E-state index is -0.486. The Bertz CT molecular complexity index is 1080. The molecule has 1 aromatic carbocycles. The zero-order valence-electron chi connectivity index (χ0n) is 18.7. The number of carbonyl (C=O) groups is 1. The summed E-state index contributed by atoms with van der Waals surface area (Å²) in [6.07, 6.45) is 6.15. The maximum Gasteiger partial charge on any atom is 0.286 e. The van der Waals surface area contributed by atoms with Crippen LogP contribution >= 0.6 is 11.3 Å². The third kappa shape index (κ3) is 5.96. The SMILES string of the molecule is COc1ccc2[nH]cc(CCNC(=O)C3=C[C@@H](c4ccsc4)C[C@@H](OCCCCO)O3)c2c1. The van der Waals surface area contributed by atoms with Crippen LogP contribution in [-0.4, -0.2) is 49.2 Å². The highest BCUT2D eigenvalue weighted by atomic mass is 32.1. The smallest absolute Gasteiger partial charge is 0.286 e. The molecule has 33 heavy (non-hydrogen) atoms. The second kappa shape index (κ2) is 11.4. The molecule has 0 saturated carbocycles. The number of hydrogen-bond donors (Lipinski definition) is 3. The molecule has 0 unspecified atom stereocenters. The number of fused-ring (bicyclic) bond motifs is 1. The largest absolute Gasteiger partial charge is 0.497 e. The van der Waals surface area contributed by atoms with Crippen molar-refractivity contribution in [3.05, 3.63) is 64.2 Å². The van der Waals surface area contributed by atoms with E-state index < -0.39 is 6.29 Å². The number of benzene rings is 1. The molecule has 0 aliphatic carbocycles. The van der Waals surface area contributed by atoms with Crippen LogP contribution in [0.3, 0.4) is 0 Å². The number of aromatic amines is 1. The molecule has 8 heteroatoms. The Kier molecular flexibility index (Phi) is 8.04. The van der Waals surface area contributed by atoms with Crippen molar-refractivity contribution in [3.63, 3.8) is 0 Å². The summed E-state index contributed by atoms with van der Waals surface area (Å²) in [6, 6.07) is 7.98. The third-order valence-electron chi connectivity index (χ3n) is 5.76. The van der Waals surface area contributed by atoms with Crippen molar-refractivity contribution in [1.82, 2.24) is 10.3 Å². The van der Waals surface area contributed by atoms with E-state index in [-0.39, 0.29) is 18.4 Å². The van der Waals surface area contributed by atoms with Gasteiger partial charge in [-0.3, -0.25) is 4.79 Å². The zero-order chi connectivity index (χ0) is 23.0.